The van der Waals surface area contributed by atoms with Crippen LogP contribution in [-0.2, 0) is 11.2 Å². The maximum Gasteiger partial charge on any atom is 0.230 e. The molecule has 31 heavy (non-hydrogen) atoms. The quantitative estimate of drug-likeness (QED) is 0.546. The monoisotopic (exact) mass is 435 g/mol. The minimum absolute atomic E-state index is 0.0603. The van der Waals surface area contributed by atoms with Crippen molar-refractivity contribution in [3.05, 3.63) is 54.4 Å². The number of carbonyl (C=O) groups is 1. The number of hydrogen-bond acceptors (Lipinski definition) is 5. The van der Waals surface area contributed by atoms with Crippen molar-refractivity contribution in [3.63, 3.8) is 0 Å². The Morgan fingerprint density at radius 2 is 1.84 bits per heavy atom. The Bertz CT molecular complexity index is 1000. The summed E-state index contributed by atoms with van der Waals surface area (Å²) in [5.41, 5.74) is 3.20. The van der Waals surface area contributed by atoms with Crippen LogP contribution in [0.1, 0.15) is 45.1 Å². The van der Waals surface area contributed by atoms with Crippen molar-refractivity contribution in [2.45, 2.75) is 57.1 Å². The Hall–Kier alpha value is -2.67. The molecule has 1 fully saturated rings. The number of nitrogens with one attached hydrogen (secondary N) is 1. The molecule has 3 aromatic rings. The summed E-state index contributed by atoms with van der Waals surface area (Å²) in [6, 6.07) is 12.5. The van der Waals surface area contributed by atoms with Crippen LogP contribution in [0.3, 0.4) is 0 Å². The Morgan fingerprint density at radius 1 is 1.10 bits per heavy atom. The molecule has 7 heteroatoms. The van der Waals surface area contributed by atoms with Gasteiger partial charge in [-0.25, -0.2) is 0 Å². The van der Waals surface area contributed by atoms with E-state index in [1.807, 2.05) is 16.7 Å². The van der Waals surface area contributed by atoms with Gasteiger partial charge in [-0.2, -0.15) is 0 Å². The molecule has 4 rings (SSSR count). The summed E-state index contributed by atoms with van der Waals surface area (Å²) in [6.07, 6.45) is 9.21. The fourth-order valence-electron chi connectivity index (χ4n) is 4.07. The topological polar surface area (TPSA) is 72.7 Å². The van der Waals surface area contributed by atoms with Crippen LogP contribution in [0.15, 0.2) is 53.9 Å². The van der Waals surface area contributed by atoms with E-state index in [0.29, 0.717) is 16.8 Å². The Labute approximate surface area is 187 Å². The first kappa shape index (κ1) is 21.6. The van der Waals surface area contributed by atoms with Crippen LogP contribution < -0.4 is 5.32 Å². The van der Waals surface area contributed by atoms with Gasteiger partial charge in [0.15, 0.2) is 11.0 Å². The van der Waals surface area contributed by atoms with Gasteiger partial charge in [0, 0.05) is 29.7 Å². The number of amides is 1. The summed E-state index contributed by atoms with van der Waals surface area (Å²) in [5, 5.41) is 12.8. The van der Waals surface area contributed by atoms with Gasteiger partial charge in [-0.1, -0.05) is 50.6 Å². The second kappa shape index (κ2) is 10.1. The van der Waals surface area contributed by atoms with E-state index in [0.717, 1.165) is 29.9 Å². The number of pyridine rings is 1. The first-order valence-corrected chi connectivity index (χ1v) is 12.0. The van der Waals surface area contributed by atoms with E-state index in [1.54, 1.807) is 12.4 Å². The molecule has 1 aliphatic carbocycles. The SMILES string of the molecule is CCc1ccc(-n2c(SCC(=O)NC3CCCCC3C)nnc2-c2ccncc2)cc1. The third-order valence-electron chi connectivity index (χ3n) is 5.96. The Balaban J connectivity index is 1.55. The van der Waals surface area contributed by atoms with Crippen LogP contribution in [0, 0.1) is 5.92 Å². The molecule has 0 saturated heterocycles. The summed E-state index contributed by atoms with van der Waals surface area (Å²) < 4.78 is 2.02. The number of aryl methyl sites for hydroxylation is 1. The molecular formula is C24H29N5OS. The number of carbonyl (C=O) groups excluding carboxylic acids is 1. The first-order valence-electron chi connectivity index (χ1n) is 11.0. The smallest absolute Gasteiger partial charge is 0.230 e. The van der Waals surface area contributed by atoms with Crippen molar-refractivity contribution in [3.8, 4) is 17.1 Å². The van der Waals surface area contributed by atoms with Gasteiger partial charge in [-0.15, -0.1) is 10.2 Å². The van der Waals surface area contributed by atoms with E-state index in [1.165, 1.54) is 36.6 Å². The van der Waals surface area contributed by atoms with E-state index < -0.39 is 0 Å². The molecular weight excluding hydrogens is 406 g/mol. The van der Waals surface area contributed by atoms with E-state index in [2.05, 4.69) is 58.6 Å². The largest absolute Gasteiger partial charge is 0.352 e. The summed E-state index contributed by atoms with van der Waals surface area (Å²) in [4.78, 5) is 16.7. The van der Waals surface area contributed by atoms with E-state index in [4.69, 9.17) is 0 Å². The van der Waals surface area contributed by atoms with Gasteiger partial charge in [0.05, 0.1) is 5.75 Å². The predicted molar refractivity (Wildman–Crippen MR) is 124 cm³/mol. The molecule has 6 nitrogen and oxygen atoms in total. The summed E-state index contributed by atoms with van der Waals surface area (Å²) in [6.45, 7) is 4.37. The number of hydrogen-bond donors (Lipinski definition) is 1. The molecule has 2 unspecified atom stereocenters. The molecule has 0 spiro atoms. The van der Waals surface area contributed by atoms with Crippen LogP contribution in [0.5, 0.6) is 0 Å². The highest BCUT2D eigenvalue weighted by Crippen LogP contribution is 2.28. The van der Waals surface area contributed by atoms with E-state index in [9.17, 15) is 4.79 Å². The van der Waals surface area contributed by atoms with Gasteiger partial charge in [-0.05, 0) is 55.0 Å². The van der Waals surface area contributed by atoms with Gasteiger partial charge in [0.1, 0.15) is 0 Å². The number of thioether (sulfide) groups is 1. The maximum atomic E-state index is 12.6. The lowest BCUT2D eigenvalue weighted by molar-refractivity contribution is -0.119. The van der Waals surface area contributed by atoms with Gasteiger partial charge < -0.3 is 5.32 Å². The van der Waals surface area contributed by atoms with Crippen molar-refractivity contribution >= 4 is 17.7 Å². The number of benzene rings is 1. The lowest BCUT2D eigenvalue weighted by atomic mass is 9.86. The third-order valence-corrected chi connectivity index (χ3v) is 6.89. The van der Waals surface area contributed by atoms with Crippen LogP contribution in [0.25, 0.3) is 17.1 Å². The van der Waals surface area contributed by atoms with Crippen molar-refractivity contribution in [1.29, 1.82) is 0 Å². The molecule has 1 amide bonds. The molecule has 1 aromatic carbocycles. The van der Waals surface area contributed by atoms with Gasteiger partial charge >= 0.3 is 0 Å². The molecule has 1 N–H and O–H groups in total. The zero-order chi connectivity index (χ0) is 21.6. The normalized spacial score (nSPS) is 18.6. The lowest BCUT2D eigenvalue weighted by Gasteiger charge is -2.29. The van der Waals surface area contributed by atoms with Crippen molar-refractivity contribution in [2.24, 2.45) is 5.92 Å². The van der Waals surface area contributed by atoms with Gasteiger partial charge in [0.2, 0.25) is 5.91 Å². The van der Waals surface area contributed by atoms with Gasteiger partial charge in [0.25, 0.3) is 0 Å². The van der Waals surface area contributed by atoms with E-state index in [-0.39, 0.29) is 11.9 Å². The first-order chi connectivity index (χ1) is 15.2. The molecule has 1 saturated carbocycles. The summed E-state index contributed by atoms with van der Waals surface area (Å²) in [7, 11) is 0. The van der Waals surface area contributed by atoms with Crippen molar-refractivity contribution in [2.75, 3.05) is 5.75 Å². The molecule has 2 heterocycles. The highest BCUT2D eigenvalue weighted by atomic mass is 32.2. The molecule has 0 bridgehead atoms. The summed E-state index contributed by atoms with van der Waals surface area (Å²) in [5.74, 6) is 1.67. The zero-order valence-electron chi connectivity index (χ0n) is 18.1. The summed E-state index contributed by atoms with van der Waals surface area (Å²) >= 11 is 1.43. The number of nitrogens with zero attached hydrogens (tertiary/aromatic N) is 4. The highest BCUT2D eigenvalue weighted by molar-refractivity contribution is 7.99. The second-order valence-corrected chi connectivity index (χ2v) is 9.06. The van der Waals surface area contributed by atoms with Crippen LogP contribution >= 0.6 is 11.8 Å². The number of aromatic nitrogens is 4. The van der Waals surface area contributed by atoms with Gasteiger partial charge in [-0.3, -0.25) is 14.3 Å². The Morgan fingerprint density at radius 3 is 2.55 bits per heavy atom. The minimum atomic E-state index is 0.0603. The molecule has 0 radical (unpaired) electrons. The number of rotatable bonds is 7. The highest BCUT2D eigenvalue weighted by Gasteiger charge is 2.23. The Kier molecular flexibility index (Phi) is 7.02. The van der Waals surface area contributed by atoms with Crippen LogP contribution in [0.2, 0.25) is 0 Å². The second-order valence-electron chi connectivity index (χ2n) is 8.12. The average Bonchev–Trinajstić information content (AvgIpc) is 3.24. The molecule has 0 aliphatic heterocycles. The van der Waals surface area contributed by atoms with Crippen molar-refractivity contribution < 1.29 is 4.79 Å². The van der Waals surface area contributed by atoms with Crippen LogP contribution in [0.4, 0.5) is 0 Å². The fraction of sp³-hybridized carbons (Fsp3) is 0.417. The fourth-order valence-corrected chi connectivity index (χ4v) is 4.84. The molecule has 1 aliphatic rings. The zero-order valence-corrected chi connectivity index (χ0v) is 18.9. The third kappa shape index (κ3) is 5.15. The average molecular weight is 436 g/mol. The van der Waals surface area contributed by atoms with Crippen LogP contribution in [-0.4, -0.2) is 37.5 Å². The lowest BCUT2D eigenvalue weighted by Crippen LogP contribution is -2.41. The standard InChI is InChI=1S/C24H29N5OS/c1-3-18-8-10-20(11-9-18)29-23(19-12-14-25-15-13-19)27-28-24(29)31-16-22(30)26-21-7-5-4-6-17(21)2/h8-15,17,21H,3-7,16H2,1-2H3,(H,26,30). The predicted octanol–water partition coefficient (Wildman–Crippen LogP) is 4.68. The maximum absolute atomic E-state index is 12.6. The molecule has 2 atom stereocenters. The molecule has 162 valence electrons. The van der Waals surface area contributed by atoms with Crippen molar-refractivity contribution in [1.82, 2.24) is 25.1 Å². The minimum Gasteiger partial charge on any atom is -0.352 e. The van der Waals surface area contributed by atoms with E-state index >= 15 is 0 Å². The molecule has 2 aromatic heterocycles.